The van der Waals surface area contributed by atoms with Gasteiger partial charge in [-0.2, -0.15) is 13.2 Å². The fraction of sp³-hybridized carbons (Fsp3) is 0.667. The van der Waals surface area contributed by atoms with Crippen LogP contribution >= 0.6 is 0 Å². The Bertz CT molecular complexity index is 883. The zero-order chi connectivity index (χ0) is 26.6. The molecular weight excluding hydrogens is 473 g/mol. The molecule has 11 heteroatoms. The molecule has 0 saturated carbocycles. The molecule has 0 aromatic heterocycles. The zero-order valence-electron chi connectivity index (χ0n) is 20.1. The Morgan fingerprint density at radius 3 is 2.31 bits per heavy atom. The summed E-state index contributed by atoms with van der Waals surface area (Å²) in [5.74, 6) is -6.51. The van der Waals surface area contributed by atoms with Gasteiger partial charge in [0.25, 0.3) is 5.90 Å². The Hall–Kier alpha value is -2.11. The van der Waals surface area contributed by atoms with E-state index in [1.165, 1.54) is 0 Å². The highest BCUT2D eigenvalue weighted by molar-refractivity contribution is 5.92. The minimum atomic E-state index is -5.15. The molecule has 1 heterocycles. The van der Waals surface area contributed by atoms with Gasteiger partial charge in [0.1, 0.15) is 11.6 Å². The molecule has 0 bridgehead atoms. The van der Waals surface area contributed by atoms with Gasteiger partial charge in [0.05, 0.1) is 17.6 Å². The molecule has 4 unspecified atom stereocenters. The summed E-state index contributed by atoms with van der Waals surface area (Å²) in [7, 11) is 0. The molecule has 1 saturated heterocycles. The maximum Gasteiger partial charge on any atom is 0.468 e. The number of alkyl halides is 3. The van der Waals surface area contributed by atoms with Crippen molar-refractivity contribution in [3.05, 3.63) is 35.4 Å². The number of aliphatic hydroxyl groups is 2. The largest absolute Gasteiger partial charge is 0.468 e. The molecule has 5 N–H and O–H groups in total. The van der Waals surface area contributed by atoms with Crippen molar-refractivity contribution in [3.8, 4) is 0 Å². The van der Waals surface area contributed by atoms with Gasteiger partial charge in [-0.05, 0) is 61.8 Å². The van der Waals surface area contributed by atoms with Crippen molar-refractivity contribution in [1.82, 2.24) is 5.32 Å². The molecule has 1 fully saturated rings. The van der Waals surface area contributed by atoms with E-state index in [1.54, 1.807) is 0 Å². The zero-order valence-corrected chi connectivity index (χ0v) is 20.1. The van der Waals surface area contributed by atoms with E-state index < -0.39 is 59.7 Å². The topological polar surface area (TPSA) is 109 Å². The van der Waals surface area contributed by atoms with Gasteiger partial charge in [-0.25, -0.2) is 8.78 Å². The Morgan fingerprint density at radius 1 is 1.17 bits per heavy atom. The van der Waals surface area contributed by atoms with Crippen molar-refractivity contribution in [1.29, 1.82) is 10.8 Å². The Balaban J connectivity index is 2.23. The van der Waals surface area contributed by atoms with E-state index in [2.05, 4.69) is 30.8 Å². The van der Waals surface area contributed by atoms with Crippen LogP contribution in [0.25, 0.3) is 0 Å². The lowest BCUT2D eigenvalue weighted by Gasteiger charge is -2.41. The second-order valence-corrected chi connectivity index (χ2v) is 10.5. The van der Waals surface area contributed by atoms with Gasteiger partial charge in [-0.3, -0.25) is 10.8 Å². The maximum atomic E-state index is 13.7. The number of benzene rings is 1. The summed E-state index contributed by atoms with van der Waals surface area (Å²) in [5, 5.41) is 40.3. The Morgan fingerprint density at radius 2 is 1.77 bits per heavy atom. The van der Waals surface area contributed by atoms with Gasteiger partial charge in [-0.1, -0.05) is 27.2 Å². The second kappa shape index (κ2) is 11.3. The van der Waals surface area contributed by atoms with Crippen LogP contribution < -0.4 is 5.32 Å². The molecule has 198 valence electrons. The highest BCUT2D eigenvalue weighted by Crippen LogP contribution is 2.33. The number of rotatable bonds is 8. The van der Waals surface area contributed by atoms with E-state index in [0.717, 1.165) is 25.0 Å². The molecule has 1 aliphatic rings. The summed E-state index contributed by atoms with van der Waals surface area (Å²) < 4.78 is 70.2. The smallest absolute Gasteiger partial charge is 0.421 e. The van der Waals surface area contributed by atoms with Crippen molar-refractivity contribution in [2.24, 2.45) is 11.3 Å². The number of halogens is 5. The van der Waals surface area contributed by atoms with Gasteiger partial charge in [0.15, 0.2) is 5.90 Å². The summed E-state index contributed by atoms with van der Waals surface area (Å²) in [6.07, 6.45) is -4.57. The van der Waals surface area contributed by atoms with Gasteiger partial charge in [0.2, 0.25) is 0 Å². The fourth-order valence-electron chi connectivity index (χ4n) is 4.37. The average molecular weight is 508 g/mol. The minimum absolute atomic E-state index is 0.00492. The van der Waals surface area contributed by atoms with E-state index in [0.29, 0.717) is 25.5 Å². The van der Waals surface area contributed by atoms with E-state index in [1.807, 2.05) is 0 Å². The van der Waals surface area contributed by atoms with E-state index in [4.69, 9.17) is 10.8 Å². The first-order valence-electron chi connectivity index (χ1n) is 11.5. The minimum Gasteiger partial charge on any atom is -0.421 e. The number of hydrogen-bond acceptors (Lipinski definition) is 6. The Kier molecular flexibility index (Phi) is 9.40. The highest BCUT2D eigenvalue weighted by atomic mass is 19.4. The van der Waals surface area contributed by atoms with Crippen LogP contribution in [0.1, 0.15) is 58.4 Å². The molecule has 0 aliphatic carbocycles. The maximum absolute atomic E-state index is 13.7. The molecule has 0 amide bonds. The van der Waals surface area contributed by atoms with E-state index in [-0.39, 0.29) is 17.4 Å². The molecule has 1 aromatic carbocycles. The van der Waals surface area contributed by atoms with Crippen LogP contribution in [0.15, 0.2) is 18.2 Å². The highest BCUT2D eigenvalue weighted by Gasteiger charge is 2.43. The summed E-state index contributed by atoms with van der Waals surface area (Å²) in [6, 6.07) is 1.69. The molecule has 6 nitrogen and oxygen atoms in total. The lowest BCUT2D eigenvalue weighted by molar-refractivity contribution is -0.0739. The van der Waals surface area contributed by atoms with Crippen molar-refractivity contribution in [2.75, 3.05) is 6.54 Å². The number of nitrogens with one attached hydrogen (secondary N) is 3. The van der Waals surface area contributed by atoms with Crippen molar-refractivity contribution in [2.45, 2.75) is 83.2 Å². The molecule has 4 atom stereocenters. The molecule has 35 heavy (non-hydrogen) atoms. The van der Waals surface area contributed by atoms with Gasteiger partial charge in [-0.15, -0.1) is 0 Å². The van der Waals surface area contributed by atoms with Crippen LogP contribution in [0.2, 0.25) is 0 Å². The predicted octanol–water partition coefficient (Wildman–Crippen LogP) is 4.72. The van der Waals surface area contributed by atoms with Crippen LogP contribution in [0.5, 0.6) is 0 Å². The van der Waals surface area contributed by atoms with Crippen LogP contribution in [0.4, 0.5) is 22.0 Å². The molecule has 2 rings (SSSR count). The number of piperidine rings is 1. The van der Waals surface area contributed by atoms with E-state index >= 15 is 0 Å². The third-order valence-corrected chi connectivity index (χ3v) is 6.17. The normalized spacial score (nSPS) is 23.0. The van der Waals surface area contributed by atoms with Gasteiger partial charge in [0, 0.05) is 12.1 Å². The van der Waals surface area contributed by atoms with Crippen molar-refractivity contribution in [3.63, 3.8) is 0 Å². The van der Waals surface area contributed by atoms with Crippen LogP contribution in [-0.2, 0) is 11.2 Å². The second-order valence-electron chi connectivity index (χ2n) is 10.5. The van der Waals surface area contributed by atoms with Gasteiger partial charge < -0.3 is 20.3 Å². The van der Waals surface area contributed by atoms with Crippen LogP contribution in [0.3, 0.4) is 0 Å². The first-order valence-corrected chi connectivity index (χ1v) is 11.5. The van der Waals surface area contributed by atoms with Crippen LogP contribution in [-0.4, -0.2) is 52.5 Å². The summed E-state index contributed by atoms with van der Waals surface area (Å²) in [5.41, 5.74) is -1.06. The fourth-order valence-corrected chi connectivity index (χ4v) is 4.37. The summed E-state index contributed by atoms with van der Waals surface area (Å²) >= 11 is 0. The first kappa shape index (κ1) is 29.1. The quantitative estimate of drug-likeness (QED) is 0.199. The third-order valence-electron chi connectivity index (χ3n) is 6.17. The molecule has 1 aromatic rings. The molecule has 0 radical (unpaired) electrons. The first-order chi connectivity index (χ1) is 16.0. The monoisotopic (exact) mass is 507 g/mol. The molecular formula is C24H34F5N3O3. The van der Waals surface area contributed by atoms with E-state index in [9.17, 15) is 32.2 Å². The number of ether oxygens (including phenoxy) is 1. The summed E-state index contributed by atoms with van der Waals surface area (Å²) in [6.45, 7) is 6.56. The van der Waals surface area contributed by atoms with Gasteiger partial charge >= 0.3 is 6.18 Å². The lowest BCUT2D eigenvalue weighted by atomic mass is 9.77. The Labute approximate surface area is 201 Å². The predicted molar refractivity (Wildman–Crippen MR) is 121 cm³/mol. The van der Waals surface area contributed by atoms with Crippen LogP contribution in [0, 0.1) is 33.8 Å². The molecule has 0 spiro atoms. The number of aliphatic hydroxyl groups excluding tert-OH is 1. The lowest BCUT2D eigenvalue weighted by Crippen LogP contribution is -2.56. The van der Waals surface area contributed by atoms with Crippen molar-refractivity contribution >= 4 is 11.8 Å². The standard InChI is InChI=1S/C24H34F5N3O3/c1-22(2,3)5-4-6-23(34)7-8-32-18(13-23)19(33)17(20(30)35-21(31)24(27,28)29)11-14-9-15(25)12-16(26)10-14/h9-10,12,17-19,30-34H,4-8,11,13H2,1-3H3. The van der Waals surface area contributed by atoms with Crippen molar-refractivity contribution < 1.29 is 36.9 Å². The number of hydrogen-bond donors (Lipinski definition) is 5. The molecule has 1 aliphatic heterocycles. The third kappa shape index (κ3) is 9.12. The SMILES string of the molecule is CC(C)(C)CCCC1(O)CCNC(C(O)C(Cc2cc(F)cc(F)c2)C(=N)OC(=N)C(F)(F)F)C1. The summed E-state index contributed by atoms with van der Waals surface area (Å²) in [4.78, 5) is 0. The average Bonchev–Trinajstić information content (AvgIpc) is 2.68.